The van der Waals surface area contributed by atoms with Gasteiger partial charge in [0.05, 0.1) is 19.7 Å². The van der Waals surface area contributed by atoms with Gasteiger partial charge in [0.1, 0.15) is 5.75 Å². The van der Waals surface area contributed by atoms with Crippen LogP contribution in [0.3, 0.4) is 0 Å². The Morgan fingerprint density at radius 3 is 2.74 bits per heavy atom. The van der Waals surface area contributed by atoms with Crippen molar-refractivity contribution in [3.63, 3.8) is 0 Å². The zero-order valence-corrected chi connectivity index (χ0v) is 17.6. The molecule has 0 bridgehead atoms. The average molecular weight is 421 g/mol. The van der Waals surface area contributed by atoms with Crippen LogP contribution >= 0.6 is 0 Å². The summed E-state index contributed by atoms with van der Waals surface area (Å²) in [5.74, 6) is 0.292. The Labute approximate surface area is 181 Å². The summed E-state index contributed by atoms with van der Waals surface area (Å²) in [6.07, 6.45) is 3.60. The highest BCUT2D eigenvalue weighted by Gasteiger charge is 2.30. The number of aromatic amines is 1. The van der Waals surface area contributed by atoms with Crippen LogP contribution in [-0.4, -0.2) is 54.5 Å². The largest absolute Gasteiger partial charge is 0.497 e. The molecular weight excluding hydrogens is 392 g/mol. The van der Waals surface area contributed by atoms with Crippen molar-refractivity contribution >= 4 is 22.7 Å². The van der Waals surface area contributed by atoms with E-state index in [4.69, 9.17) is 10.5 Å². The molecule has 3 aromatic rings. The monoisotopic (exact) mass is 420 g/mol. The summed E-state index contributed by atoms with van der Waals surface area (Å²) in [5, 5.41) is 4.20. The van der Waals surface area contributed by atoms with Gasteiger partial charge >= 0.3 is 0 Å². The lowest BCUT2D eigenvalue weighted by molar-refractivity contribution is -0.125. The maximum Gasteiger partial charge on any atom is 0.234 e. The number of carbonyl (C=O) groups excluding carboxylic acids is 2. The van der Waals surface area contributed by atoms with Gasteiger partial charge in [0, 0.05) is 29.6 Å². The summed E-state index contributed by atoms with van der Waals surface area (Å²) >= 11 is 0. The van der Waals surface area contributed by atoms with E-state index in [1.165, 1.54) is 0 Å². The molecule has 162 valence electrons. The first-order chi connectivity index (χ1) is 15.1. The van der Waals surface area contributed by atoms with Crippen LogP contribution in [0, 0.1) is 0 Å². The molecule has 1 fully saturated rings. The molecule has 2 aromatic carbocycles. The van der Waals surface area contributed by atoms with Crippen molar-refractivity contribution in [2.45, 2.75) is 24.8 Å². The predicted octanol–water partition coefficient (Wildman–Crippen LogP) is 2.37. The SMILES string of the molecule is COc1ccc([C@@H](CNC(=O)CN2CCC[C@@H]2C(N)=O)c2c[nH]c3ccccc23)cc1. The van der Waals surface area contributed by atoms with Gasteiger partial charge in [-0.15, -0.1) is 0 Å². The second-order valence-corrected chi connectivity index (χ2v) is 7.95. The van der Waals surface area contributed by atoms with Crippen molar-refractivity contribution in [1.29, 1.82) is 0 Å². The van der Waals surface area contributed by atoms with Gasteiger partial charge < -0.3 is 20.8 Å². The number of carbonyl (C=O) groups is 2. The lowest BCUT2D eigenvalue weighted by atomic mass is 9.90. The highest BCUT2D eigenvalue weighted by Crippen LogP contribution is 2.31. The summed E-state index contributed by atoms with van der Waals surface area (Å²) in [6.45, 7) is 1.34. The zero-order valence-electron chi connectivity index (χ0n) is 17.6. The molecule has 1 aromatic heterocycles. The van der Waals surface area contributed by atoms with Crippen LogP contribution in [0.15, 0.2) is 54.7 Å². The molecule has 0 aliphatic carbocycles. The molecule has 31 heavy (non-hydrogen) atoms. The molecule has 0 unspecified atom stereocenters. The number of hydrogen-bond acceptors (Lipinski definition) is 4. The first kappa shape index (κ1) is 20.9. The standard InChI is InChI=1S/C24H28N4O3/c1-31-17-10-8-16(9-11-17)19(20-14-26-21-6-3-2-5-18(20)21)13-27-23(29)15-28-12-4-7-22(28)24(25)30/h2-3,5-6,8-11,14,19,22,26H,4,7,12-13,15H2,1H3,(H2,25,30)(H,27,29)/t19-,22-/m1/s1. The van der Waals surface area contributed by atoms with Gasteiger partial charge in [-0.3, -0.25) is 14.5 Å². The number of likely N-dealkylation sites (tertiary alicyclic amines) is 1. The van der Waals surface area contributed by atoms with Crippen molar-refractivity contribution in [1.82, 2.24) is 15.2 Å². The second kappa shape index (κ2) is 9.22. The maximum atomic E-state index is 12.7. The van der Waals surface area contributed by atoms with Crippen molar-refractivity contribution in [2.75, 3.05) is 26.7 Å². The molecule has 0 radical (unpaired) electrons. The van der Waals surface area contributed by atoms with Crippen LogP contribution in [0.5, 0.6) is 5.75 Å². The summed E-state index contributed by atoms with van der Waals surface area (Å²) in [6, 6.07) is 15.7. The van der Waals surface area contributed by atoms with E-state index in [9.17, 15) is 9.59 Å². The molecule has 0 spiro atoms. The lowest BCUT2D eigenvalue weighted by Gasteiger charge is -2.23. The summed E-state index contributed by atoms with van der Waals surface area (Å²) < 4.78 is 5.29. The Morgan fingerprint density at radius 1 is 1.23 bits per heavy atom. The van der Waals surface area contributed by atoms with Crippen LogP contribution in [0.25, 0.3) is 10.9 Å². The molecule has 1 aliphatic heterocycles. The fourth-order valence-electron chi connectivity index (χ4n) is 4.42. The van der Waals surface area contributed by atoms with E-state index in [1.807, 2.05) is 53.6 Å². The number of rotatable bonds is 8. The summed E-state index contributed by atoms with van der Waals surface area (Å²) in [5.41, 5.74) is 8.74. The Balaban J connectivity index is 1.53. The van der Waals surface area contributed by atoms with Gasteiger partial charge in [-0.05, 0) is 48.7 Å². The van der Waals surface area contributed by atoms with E-state index in [-0.39, 0.29) is 30.3 Å². The molecule has 4 N–H and O–H groups in total. The van der Waals surface area contributed by atoms with Crippen molar-refractivity contribution in [3.8, 4) is 5.75 Å². The Hall–Kier alpha value is -3.32. The number of methoxy groups -OCH3 is 1. The van der Waals surface area contributed by atoms with Crippen LogP contribution in [0.2, 0.25) is 0 Å². The van der Waals surface area contributed by atoms with Gasteiger partial charge in [-0.1, -0.05) is 30.3 Å². The van der Waals surface area contributed by atoms with Crippen molar-refractivity contribution in [3.05, 3.63) is 65.9 Å². The quantitative estimate of drug-likeness (QED) is 0.521. The van der Waals surface area contributed by atoms with E-state index in [0.717, 1.165) is 34.2 Å². The normalized spacial score (nSPS) is 17.5. The van der Waals surface area contributed by atoms with Crippen LogP contribution in [-0.2, 0) is 9.59 Å². The molecule has 2 heterocycles. The van der Waals surface area contributed by atoms with Gasteiger partial charge in [0.2, 0.25) is 11.8 Å². The number of aromatic nitrogens is 1. The molecule has 1 aliphatic rings. The number of primary amides is 1. The minimum absolute atomic E-state index is 0.0310. The minimum atomic E-state index is -0.361. The number of nitrogens with one attached hydrogen (secondary N) is 2. The van der Waals surface area contributed by atoms with Crippen LogP contribution < -0.4 is 15.8 Å². The smallest absolute Gasteiger partial charge is 0.234 e. The van der Waals surface area contributed by atoms with Gasteiger partial charge in [0.15, 0.2) is 0 Å². The second-order valence-electron chi connectivity index (χ2n) is 7.95. The molecular formula is C24H28N4O3. The number of nitrogens with two attached hydrogens (primary N) is 1. The fourth-order valence-corrected chi connectivity index (χ4v) is 4.42. The van der Waals surface area contributed by atoms with Gasteiger partial charge in [-0.25, -0.2) is 0 Å². The Morgan fingerprint density at radius 2 is 2.00 bits per heavy atom. The molecule has 0 saturated carbocycles. The number of H-pyrrole nitrogens is 1. The predicted molar refractivity (Wildman–Crippen MR) is 120 cm³/mol. The van der Waals surface area contributed by atoms with E-state index in [2.05, 4.69) is 16.4 Å². The molecule has 7 heteroatoms. The van der Waals surface area contributed by atoms with Crippen molar-refractivity contribution in [2.24, 2.45) is 5.73 Å². The number of hydrogen-bond donors (Lipinski definition) is 3. The van der Waals surface area contributed by atoms with E-state index >= 15 is 0 Å². The topological polar surface area (TPSA) is 100 Å². The highest BCUT2D eigenvalue weighted by atomic mass is 16.5. The molecule has 7 nitrogen and oxygen atoms in total. The first-order valence-electron chi connectivity index (χ1n) is 10.6. The third-order valence-corrected chi connectivity index (χ3v) is 6.06. The lowest BCUT2D eigenvalue weighted by Crippen LogP contribution is -2.45. The Bertz CT molecular complexity index is 1060. The maximum absolute atomic E-state index is 12.7. The Kier molecular flexibility index (Phi) is 6.23. The summed E-state index contributed by atoms with van der Waals surface area (Å²) in [7, 11) is 1.64. The summed E-state index contributed by atoms with van der Waals surface area (Å²) in [4.78, 5) is 29.5. The molecule has 2 atom stereocenters. The molecule has 2 amide bonds. The van der Waals surface area contributed by atoms with Crippen molar-refractivity contribution < 1.29 is 14.3 Å². The van der Waals surface area contributed by atoms with E-state index < -0.39 is 0 Å². The first-order valence-corrected chi connectivity index (χ1v) is 10.6. The number of para-hydroxylation sites is 1. The third-order valence-electron chi connectivity index (χ3n) is 6.06. The highest BCUT2D eigenvalue weighted by molar-refractivity contribution is 5.85. The number of amides is 2. The zero-order chi connectivity index (χ0) is 21.8. The number of ether oxygens (including phenoxy) is 1. The average Bonchev–Trinajstić information content (AvgIpc) is 3.42. The molecule has 4 rings (SSSR count). The number of nitrogens with zero attached hydrogens (tertiary/aromatic N) is 1. The van der Waals surface area contributed by atoms with Gasteiger partial charge in [-0.2, -0.15) is 0 Å². The fraction of sp³-hybridized carbons (Fsp3) is 0.333. The molecule has 1 saturated heterocycles. The van der Waals surface area contributed by atoms with Gasteiger partial charge in [0.25, 0.3) is 0 Å². The van der Waals surface area contributed by atoms with Crippen LogP contribution in [0.1, 0.15) is 29.9 Å². The number of benzene rings is 2. The third kappa shape index (κ3) is 4.56. The van der Waals surface area contributed by atoms with E-state index in [0.29, 0.717) is 19.5 Å². The number of fused-ring (bicyclic) bond motifs is 1. The minimum Gasteiger partial charge on any atom is -0.497 e. The van der Waals surface area contributed by atoms with Crippen LogP contribution in [0.4, 0.5) is 0 Å². The van der Waals surface area contributed by atoms with E-state index in [1.54, 1.807) is 7.11 Å².